The summed E-state index contributed by atoms with van der Waals surface area (Å²) in [6.45, 7) is 0. The molecule has 2 rings (SSSR count). The third-order valence-corrected chi connectivity index (χ3v) is 4.86. The predicted molar refractivity (Wildman–Crippen MR) is 121 cm³/mol. The minimum Gasteiger partial charge on any atom is -0.448 e. The average Bonchev–Trinajstić information content (AvgIpc) is 3.31. The molecule has 2 aromatic heterocycles. The number of nitrogens with zero attached hydrogens (tertiary/aromatic N) is 2. The summed E-state index contributed by atoms with van der Waals surface area (Å²) in [7, 11) is 0. The first-order valence-electron chi connectivity index (χ1n) is 9.67. The quantitative estimate of drug-likeness (QED) is 0.207. The SMILES string of the molecule is O=C(CCCCCCCCC(=O)NN=Cc1ccc(Br)o1)NN=Cc1ccc(Br)o1. The lowest BCUT2D eigenvalue weighted by molar-refractivity contribution is -0.122. The van der Waals surface area contributed by atoms with Gasteiger partial charge in [-0.3, -0.25) is 9.59 Å². The molecule has 0 saturated heterocycles. The Morgan fingerprint density at radius 3 is 1.50 bits per heavy atom. The second kappa shape index (κ2) is 13.9. The molecular weight excluding hydrogens is 520 g/mol. The zero-order valence-electron chi connectivity index (χ0n) is 16.4. The average molecular weight is 544 g/mol. The molecule has 8 nitrogen and oxygen atoms in total. The Bertz CT molecular complexity index is 790. The number of rotatable bonds is 13. The lowest BCUT2D eigenvalue weighted by Crippen LogP contribution is -2.17. The summed E-state index contributed by atoms with van der Waals surface area (Å²) < 4.78 is 11.7. The van der Waals surface area contributed by atoms with Crippen molar-refractivity contribution < 1.29 is 18.4 Å². The Balaban J connectivity index is 1.41. The van der Waals surface area contributed by atoms with Gasteiger partial charge in [0, 0.05) is 12.8 Å². The lowest BCUT2D eigenvalue weighted by Gasteiger charge is -2.02. The van der Waals surface area contributed by atoms with Crippen LogP contribution in [-0.4, -0.2) is 24.2 Å². The van der Waals surface area contributed by atoms with Crippen LogP contribution in [0.3, 0.4) is 0 Å². The monoisotopic (exact) mass is 542 g/mol. The number of hydrogen-bond acceptors (Lipinski definition) is 6. The van der Waals surface area contributed by atoms with Crippen LogP contribution in [0, 0.1) is 0 Å². The van der Waals surface area contributed by atoms with E-state index in [0.717, 1.165) is 38.5 Å². The van der Waals surface area contributed by atoms with Gasteiger partial charge in [-0.1, -0.05) is 25.7 Å². The zero-order chi connectivity index (χ0) is 21.6. The Kier molecular flexibility index (Phi) is 11.2. The van der Waals surface area contributed by atoms with Gasteiger partial charge in [-0.15, -0.1) is 0 Å². The van der Waals surface area contributed by atoms with Gasteiger partial charge in [0.05, 0.1) is 12.4 Å². The highest BCUT2D eigenvalue weighted by Crippen LogP contribution is 2.13. The Hall–Kier alpha value is -2.20. The van der Waals surface area contributed by atoms with Crippen LogP contribution in [0.2, 0.25) is 0 Å². The van der Waals surface area contributed by atoms with Gasteiger partial charge in [-0.25, -0.2) is 10.9 Å². The first-order valence-corrected chi connectivity index (χ1v) is 11.3. The number of furan rings is 2. The molecule has 2 amide bonds. The maximum atomic E-state index is 11.7. The van der Waals surface area contributed by atoms with E-state index in [-0.39, 0.29) is 11.8 Å². The maximum absolute atomic E-state index is 11.7. The van der Waals surface area contributed by atoms with Crippen molar-refractivity contribution in [3.05, 3.63) is 45.1 Å². The number of carbonyl (C=O) groups is 2. The van der Waals surface area contributed by atoms with E-state index in [2.05, 4.69) is 52.9 Å². The first-order chi connectivity index (χ1) is 14.5. The van der Waals surface area contributed by atoms with Crippen molar-refractivity contribution in [3.63, 3.8) is 0 Å². The van der Waals surface area contributed by atoms with Crippen LogP contribution in [0.1, 0.15) is 62.9 Å². The van der Waals surface area contributed by atoms with Gasteiger partial charge in [0.2, 0.25) is 11.8 Å². The Labute approximate surface area is 191 Å². The Morgan fingerprint density at radius 2 is 1.13 bits per heavy atom. The first kappa shape index (κ1) is 24.1. The van der Waals surface area contributed by atoms with E-state index in [1.54, 1.807) is 24.3 Å². The summed E-state index contributed by atoms with van der Waals surface area (Å²) in [6, 6.07) is 7.00. The molecule has 0 aromatic carbocycles. The van der Waals surface area contributed by atoms with E-state index < -0.39 is 0 Å². The van der Waals surface area contributed by atoms with Crippen molar-refractivity contribution in [1.82, 2.24) is 10.9 Å². The summed E-state index contributed by atoms with van der Waals surface area (Å²) >= 11 is 6.40. The highest BCUT2D eigenvalue weighted by molar-refractivity contribution is 9.10. The van der Waals surface area contributed by atoms with Gasteiger partial charge >= 0.3 is 0 Å². The largest absolute Gasteiger partial charge is 0.448 e. The van der Waals surface area contributed by atoms with Gasteiger partial charge in [-0.05, 0) is 69.0 Å². The fraction of sp³-hybridized carbons (Fsp3) is 0.400. The molecule has 10 heteroatoms. The predicted octanol–water partition coefficient (Wildman–Crippen LogP) is 5.12. The molecule has 30 heavy (non-hydrogen) atoms. The molecule has 0 fully saturated rings. The van der Waals surface area contributed by atoms with Crippen LogP contribution < -0.4 is 10.9 Å². The summed E-state index contributed by atoms with van der Waals surface area (Å²) in [5.74, 6) is 0.897. The van der Waals surface area contributed by atoms with E-state index in [0.29, 0.717) is 33.7 Å². The number of hydrazone groups is 2. The highest BCUT2D eigenvalue weighted by Gasteiger charge is 2.02. The van der Waals surface area contributed by atoms with Crippen LogP contribution in [0.15, 0.2) is 52.6 Å². The van der Waals surface area contributed by atoms with Gasteiger partial charge in [0.25, 0.3) is 0 Å². The molecule has 2 heterocycles. The lowest BCUT2D eigenvalue weighted by atomic mass is 10.1. The summed E-state index contributed by atoms with van der Waals surface area (Å²) in [4.78, 5) is 23.4. The molecule has 0 unspecified atom stereocenters. The van der Waals surface area contributed by atoms with Gasteiger partial charge in [0.15, 0.2) is 9.34 Å². The molecule has 0 atom stereocenters. The van der Waals surface area contributed by atoms with E-state index >= 15 is 0 Å². The molecule has 162 valence electrons. The molecule has 0 spiro atoms. The fourth-order valence-electron chi connectivity index (χ4n) is 2.52. The third kappa shape index (κ3) is 10.5. The molecule has 0 radical (unpaired) electrons. The molecule has 0 saturated carbocycles. The normalized spacial score (nSPS) is 11.4. The standard InChI is InChI=1S/C20H24Br2N4O4/c21-17-11-9-15(29-17)13-23-25-19(27)7-5-3-1-2-4-6-8-20(28)26-24-14-16-10-12-18(22)30-16/h9-14H,1-8H2,(H,25,27)(H,26,28). The van der Waals surface area contributed by atoms with Crippen molar-refractivity contribution in [3.8, 4) is 0 Å². The number of unbranched alkanes of at least 4 members (excludes halogenated alkanes) is 5. The second-order valence-electron chi connectivity index (χ2n) is 6.49. The van der Waals surface area contributed by atoms with E-state index in [1.165, 1.54) is 12.4 Å². The maximum Gasteiger partial charge on any atom is 0.240 e. The van der Waals surface area contributed by atoms with Crippen molar-refractivity contribution >= 4 is 56.1 Å². The van der Waals surface area contributed by atoms with Crippen LogP contribution in [0.25, 0.3) is 0 Å². The van der Waals surface area contributed by atoms with Crippen molar-refractivity contribution in [1.29, 1.82) is 0 Å². The van der Waals surface area contributed by atoms with Crippen LogP contribution >= 0.6 is 31.9 Å². The molecule has 2 aromatic rings. The summed E-state index contributed by atoms with van der Waals surface area (Å²) in [5, 5.41) is 7.71. The fourth-order valence-corrected chi connectivity index (χ4v) is 3.16. The van der Waals surface area contributed by atoms with Gasteiger partial charge in [0.1, 0.15) is 11.5 Å². The smallest absolute Gasteiger partial charge is 0.240 e. The second-order valence-corrected chi connectivity index (χ2v) is 8.05. The minimum atomic E-state index is -0.115. The van der Waals surface area contributed by atoms with Gasteiger partial charge in [-0.2, -0.15) is 10.2 Å². The number of nitrogens with one attached hydrogen (secondary N) is 2. The molecule has 0 bridgehead atoms. The minimum absolute atomic E-state index is 0.115. The van der Waals surface area contributed by atoms with Crippen LogP contribution in [0.4, 0.5) is 0 Å². The molecular formula is C20H24Br2N4O4. The van der Waals surface area contributed by atoms with Crippen molar-refractivity contribution in [2.45, 2.75) is 51.4 Å². The third-order valence-electron chi connectivity index (χ3n) is 4.01. The number of hydrogen-bond donors (Lipinski definition) is 2. The van der Waals surface area contributed by atoms with E-state index in [4.69, 9.17) is 8.83 Å². The number of carbonyl (C=O) groups excluding carboxylic acids is 2. The Morgan fingerprint density at radius 1 is 0.733 bits per heavy atom. The highest BCUT2D eigenvalue weighted by atomic mass is 79.9. The molecule has 2 N–H and O–H groups in total. The van der Waals surface area contributed by atoms with Gasteiger partial charge < -0.3 is 8.83 Å². The zero-order valence-corrected chi connectivity index (χ0v) is 19.6. The van der Waals surface area contributed by atoms with Crippen LogP contribution in [-0.2, 0) is 9.59 Å². The van der Waals surface area contributed by atoms with Crippen LogP contribution in [0.5, 0.6) is 0 Å². The molecule has 0 aliphatic rings. The summed E-state index contributed by atoms with van der Waals surface area (Å²) in [5.41, 5.74) is 4.97. The molecule has 0 aliphatic heterocycles. The molecule has 0 aliphatic carbocycles. The summed E-state index contributed by atoms with van der Waals surface area (Å²) in [6.07, 6.45) is 9.42. The topological polar surface area (TPSA) is 109 Å². The van der Waals surface area contributed by atoms with Crippen molar-refractivity contribution in [2.24, 2.45) is 10.2 Å². The number of amides is 2. The van der Waals surface area contributed by atoms with E-state index in [9.17, 15) is 9.59 Å². The number of halogens is 2. The van der Waals surface area contributed by atoms with E-state index in [1.807, 2.05) is 0 Å². The van der Waals surface area contributed by atoms with Crippen molar-refractivity contribution in [2.75, 3.05) is 0 Å².